The molecule has 0 unspecified atom stereocenters. The van der Waals surface area contributed by atoms with E-state index < -0.39 is 10.0 Å². The second-order valence-corrected chi connectivity index (χ2v) is 6.09. The van der Waals surface area contributed by atoms with Gasteiger partial charge in [-0.3, -0.25) is 9.82 Å². The van der Waals surface area contributed by atoms with E-state index in [0.29, 0.717) is 5.56 Å². The van der Waals surface area contributed by atoms with Gasteiger partial charge in [-0.1, -0.05) is 6.07 Å². The number of aromatic nitrogens is 2. The fourth-order valence-electron chi connectivity index (χ4n) is 1.83. The zero-order chi connectivity index (χ0) is 14.2. The summed E-state index contributed by atoms with van der Waals surface area (Å²) in [6.45, 7) is 5.36. The summed E-state index contributed by atoms with van der Waals surface area (Å²) in [5, 5.41) is 6.53. The van der Waals surface area contributed by atoms with Gasteiger partial charge in [0.25, 0.3) is 10.0 Å². The maximum atomic E-state index is 12.4. The molecule has 1 heterocycles. The number of aromatic amines is 1. The molecule has 2 aromatic rings. The Bertz CT molecular complexity index is 719. The van der Waals surface area contributed by atoms with Crippen molar-refractivity contribution in [3.8, 4) is 0 Å². The van der Waals surface area contributed by atoms with Crippen molar-refractivity contribution in [3.63, 3.8) is 0 Å². The van der Waals surface area contributed by atoms with Crippen LogP contribution in [0.1, 0.15) is 16.8 Å². The Labute approximate surface area is 112 Å². The van der Waals surface area contributed by atoms with Crippen LogP contribution in [0.15, 0.2) is 23.1 Å². The Morgan fingerprint density at radius 3 is 2.53 bits per heavy atom. The molecule has 7 heteroatoms. The molecule has 2 rings (SSSR count). The number of nitrogens with one attached hydrogen (secondary N) is 2. The van der Waals surface area contributed by atoms with Gasteiger partial charge in [-0.2, -0.15) is 5.10 Å². The van der Waals surface area contributed by atoms with Crippen LogP contribution in [0.3, 0.4) is 0 Å². The Morgan fingerprint density at radius 2 is 1.95 bits per heavy atom. The fraction of sp³-hybridized carbons (Fsp3) is 0.250. The van der Waals surface area contributed by atoms with Gasteiger partial charge in [0.2, 0.25) is 0 Å². The molecule has 4 N–H and O–H groups in total. The normalized spacial score (nSPS) is 11.5. The largest absolute Gasteiger partial charge is 0.398 e. The van der Waals surface area contributed by atoms with E-state index in [1.165, 1.54) is 0 Å². The predicted octanol–water partition coefficient (Wildman–Crippen LogP) is 1.72. The van der Waals surface area contributed by atoms with Crippen molar-refractivity contribution in [2.75, 3.05) is 10.5 Å². The topological polar surface area (TPSA) is 101 Å². The molecule has 6 nitrogen and oxygen atoms in total. The van der Waals surface area contributed by atoms with Gasteiger partial charge in [-0.05, 0) is 38.0 Å². The Hall–Kier alpha value is -2.02. The highest BCUT2D eigenvalue weighted by atomic mass is 32.2. The molecule has 0 fully saturated rings. The van der Waals surface area contributed by atoms with Crippen LogP contribution >= 0.6 is 0 Å². The Morgan fingerprint density at radius 1 is 1.26 bits per heavy atom. The van der Waals surface area contributed by atoms with Crippen LogP contribution in [-0.2, 0) is 10.0 Å². The van der Waals surface area contributed by atoms with E-state index in [-0.39, 0.29) is 16.4 Å². The highest BCUT2D eigenvalue weighted by molar-refractivity contribution is 7.93. The van der Waals surface area contributed by atoms with Gasteiger partial charge < -0.3 is 5.73 Å². The van der Waals surface area contributed by atoms with Gasteiger partial charge >= 0.3 is 0 Å². The van der Waals surface area contributed by atoms with Crippen LogP contribution < -0.4 is 10.5 Å². The van der Waals surface area contributed by atoms with Crippen molar-refractivity contribution in [2.45, 2.75) is 25.7 Å². The van der Waals surface area contributed by atoms with Gasteiger partial charge in [0, 0.05) is 11.8 Å². The summed E-state index contributed by atoms with van der Waals surface area (Å²) in [4.78, 5) is 0.105. The molecule has 0 aliphatic heterocycles. The van der Waals surface area contributed by atoms with Crippen LogP contribution in [0.5, 0.6) is 0 Å². The molecule has 0 spiro atoms. The van der Waals surface area contributed by atoms with Crippen molar-refractivity contribution in [1.29, 1.82) is 0 Å². The van der Waals surface area contributed by atoms with Crippen molar-refractivity contribution in [1.82, 2.24) is 10.2 Å². The molecule has 0 aliphatic rings. The number of nitrogen functional groups attached to an aromatic ring is 1. The summed E-state index contributed by atoms with van der Waals surface area (Å²) in [5.41, 5.74) is 8.29. The first-order chi connectivity index (χ1) is 8.81. The summed E-state index contributed by atoms with van der Waals surface area (Å²) in [5.74, 6) is 0.248. The molecule has 1 aromatic carbocycles. The van der Waals surface area contributed by atoms with Crippen molar-refractivity contribution >= 4 is 21.5 Å². The number of aryl methyl sites for hydroxylation is 2. The lowest BCUT2D eigenvalue weighted by Gasteiger charge is -2.12. The maximum Gasteiger partial charge on any atom is 0.265 e. The number of anilines is 2. The Kier molecular flexibility index (Phi) is 3.23. The molecule has 102 valence electrons. The number of nitrogens with zero attached hydrogens (tertiary/aromatic N) is 1. The van der Waals surface area contributed by atoms with Gasteiger partial charge in [0.15, 0.2) is 5.82 Å². The van der Waals surface area contributed by atoms with Crippen molar-refractivity contribution in [3.05, 3.63) is 35.0 Å². The van der Waals surface area contributed by atoms with E-state index in [2.05, 4.69) is 14.9 Å². The standard InChI is InChI=1S/C12H16N4O2S/c1-7-4-5-10(13)12(9(7)3)19(17,18)16-11-6-8(2)14-15-11/h4-6H,13H2,1-3H3,(H2,14,15,16). The average Bonchev–Trinajstić information content (AvgIpc) is 2.68. The summed E-state index contributed by atoms with van der Waals surface area (Å²) in [7, 11) is -3.74. The van der Waals surface area contributed by atoms with E-state index in [9.17, 15) is 8.42 Å². The SMILES string of the molecule is Cc1cc(NS(=O)(=O)c2c(N)ccc(C)c2C)n[nH]1. The number of nitrogens with two attached hydrogens (primary N) is 1. The minimum absolute atomic E-state index is 0.105. The average molecular weight is 280 g/mol. The van der Waals surface area contributed by atoms with Gasteiger partial charge in [0.05, 0.1) is 5.69 Å². The first kappa shape index (κ1) is 13.4. The maximum absolute atomic E-state index is 12.4. The molecular weight excluding hydrogens is 264 g/mol. The zero-order valence-corrected chi connectivity index (χ0v) is 11.8. The molecule has 0 bridgehead atoms. The van der Waals surface area contributed by atoms with E-state index in [4.69, 9.17) is 5.73 Å². The molecule has 0 atom stereocenters. The third-order valence-electron chi connectivity index (χ3n) is 2.92. The summed E-state index contributed by atoms with van der Waals surface area (Å²) < 4.78 is 27.1. The number of H-pyrrole nitrogens is 1. The smallest absolute Gasteiger partial charge is 0.265 e. The molecule has 1 aromatic heterocycles. The molecule has 0 amide bonds. The Balaban J connectivity index is 2.48. The second kappa shape index (κ2) is 4.58. The quantitative estimate of drug-likeness (QED) is 0.745. The predicted molar refractivity (Wildman–Crippen MR) is 74.5 cm³/mol. The van der Waals surface area contributed by atoms with Gasteiger partial charge in [-0.15, -0.1) is 0 Å². The van der Waals surface area contributed by atoms with Crippen LogP contribution in [-0.4, -0.2) is 18.6 Å². The third-order valence-corrected chi connectivity index (χ3v) is 4.48. The lowest BCUT2D eigenvalue weighted by atomic mass is 10.1. The summed E-state index contributed by atoms with van der Waals surface area (Å²) in [6.07, 6.45) is 0. The van der Waals surface area contributed by atoms with Crippen LogP contribution in [0.2, 0.25) is 0 Å². The van der Waals surface area contributed by atoms with Crippen LogP contribution in [0.4, 0.5) is 11.5 Å². The molecule has 0 aliphatic carbocycles. The van der Waals surface area contributed by atoms with Crippen LogP contribution in [0, 0.1) is 20.8 Å². The number of benzene rings is 1. The fourth-order valence-corrected chi connectivity index (χ4v) is 3.25. The third kappa shape index (κ3) is 2.55. The van der Waals surface area contributed by atoms with Crippen molar-refractivity contribution < 1.29 is 8.42 Å². The van der Waals surface area contributed by atoms with E-state index in [0.717, 1.165) is 11.3 Å². The summed E-state index contributed by atoms with van der Waals surface area (Å²) in [6, 6.07) is 4.99. The summed E-state index contributed by atoms with van der Waals surface area (Å²) >= 11 is 0. The highest BCUT2D eigenvalue weighted by Crippen LogP contribution is 2.26. The lowest BCUT2D eigenvalue weighted by Crippen LogP contribution is -2.17. The lowest BCUT2D eigenvalue weighted by molar-refractivity contribution is 0.600. The number of sulfonamides is 1. The molecule has 19 heavy (non-hydrogen) atoms. The highest BCUT2D eigenvalue weighted by Gasteiger charge is 2.22. The number of hydrogen-bond acceptors (Lipinski definition) is 4. The molecule has 0 radical (unpaired) electrons. The van der Waals surface area contributed by atoms with Crippen molar-refractivity contribution in [2.24, 2.45) is 0 Å². The second-order valence-electron chi connectivity index (χ2n) is 4.47. The van der Waals surface area contributed by atoms with Crippen LogP contribution in [0.25, 0.3) is 0 Å². The molecular formula is C12H16N4O2S. The van der Waals surface area contributed by atoms with E-state index >= 15 is 0 Å². The molecule has 0 saturated carbocycles. The number of hydrogen-bond donors (Lipinski definition) is 3. The monoisotopic (exact) mass is 280 g/mol. The van der Waals surface area contributed by atoms with E-state index in [1.54, 1.807) is 32.0 Å². The minimum Gasteiger partial charge on any atom is -0.398 e. The first-order valence-electron chi connectivity index (χ1n) is 5.72. The van der Waals surface area contributed by atoms with Gasteiger partial charge in [-0.25, -0.2) is 8.42 Å². The number of rotatable bonds is 3. The van der Waals surface area contributed by atoms with Gasteiger partial charge in [0.1, 0.15) is 4.90 Å². The van der Waals surface area contributed by atoms with E-state index in [1.807, 2.05) is 6.92 Å². The minimum atomic E-state index is -3.74. The zero-order valence-electron chi connectivity index (χ0n) is 11.0. The molecule has 0 saturated heterocycles. The first-order valence-corrected chi connectivity index (χ1v) is 7.20.